The Kier molecular flexibility index (Phi) is 6.66. The molecule has 2 amide bonds. The zero-order valence-electron chi connectivity index (χ0n) is 16.5. The maximum absolute atomic E-state index is 12.5. The van der Waals surface area contributed by atoms with E-state index in [9.17, 15) is 9.59 Å². The van der Waals surface area contributed by atoms with Gasteiger partial charge in [0.1, 0.15) is 5.75 Å². The van der Waals surface area contributed by atoms with Gasteiger partial charge in [0.25, 0.3) is 5.91 Å². The van der Waals surface area contributed by atoms with Crippen LogP contribution in [0.4, 0.5) is 11.4 Å². The van der Waals surface area contributed by atoms with Crippen molar-refractivity contribution in [1.29, 1.82) is 0 Å². The minimum Gasteiger partial charge on any atom is -0.496 e. The van der Waals surface area contributed by atoms with Gasteiger partial charge in [-0.05, 0) is 36.5 Å². The molecular weight excluding hydrogens is 388 g/mol. The summed E-state index contributed by atoms with van der Waals surface area (Å²) in [6, 6.07) is 14.7. The summed E-state index contributed by atoms with van der Waals surface area (Å²) in [5.41, 5.74) is 2.19. The summed E-state index contributed by atoms with van der Waals surface area (Å²) < 4.78 is 5.23. The molecule has 0 spiro atoms. The number of rotatable bonds is 4. The average molecular weight is 413 g/mol. The molecule has 7 nitrogen and oxygen atoms in total. The van der Waals surface area contributed by atoms with E-state index >= 15 is 0 Å². The van der Waals surface area contributed by atoms with Crippen molar-refractivity contribution in [3.8, 4) is 5.75 Å². The molecule has 0 atom stereocenters. The van der Waals surface area contributed by atoms with Gasteiger partial charge in [-0.1, -0.05) is 24.3 Å². The number of carbonyl (C=O) groups is 2. The van der Waals surface area contributed by atoms with Crippen molar-refractivity contribution in [1.82, 2.24) is 10.2 Å². The summed E-state index contributed by atoms with van der Waals surface area (Å²) in [5.74, 6) is 0.236. The number of amides is 2. The number of ether oxygens (including phenoxy) is 1. The lowest BCUT2D eigenvalue weighted by Crippen LogP contribution is -2.48. The first-order valence-corrected chi connectivity index (χ1v) is 9.75. The molecule has 2 aromatic rings. The predicted octanol–water partition coefficient (Wildman–Crippen LogP) is 2.49. The molecule has 0 radical (unpaired) electrons. The summed E-state index contributed by atoms with van der Waals surface area (Å²) in [6.07, 6.45) is 0. The van der Waals surface area contributed by atoms with Crippen molar-refractivity contribution in [3.63, 3.8) is 0 Å². The van der Waals surface area contributed by atoms with Gasteiger partial charge in [-0.25, -0.2) is 0 Å². The summed E-state index contributed by atoms with van der Waals surface area (Å²) >= 11 is 5.35. The number of hydrogen-bond donors (Lipinski definition) is 2. The second kappa shape index (κ2) is 9.38. The van der Waals surface area contributed by atoms with E-state index in [1.165, 1.54) is 7.11 Å². The number of hydrogen-bond acceptors (Lipinski definition) is 5. The highest BCUT2D eigenvalue weighted by Gasteiger charge is 2.21. The zero-order valence-corrected chi connectivity index (χ0v) is 17.3. The molecule has 0 aromatic heterocycles. The highest BCUT2D eigenvalue weighted by atomic mass is 32.1. The van der Waals surface area contributed by atoms with Crippen LogP contribution in [-0.2, 0) is 4.79 Å². The number of piperazine rings is 1. The van der Waals surface area contributed by atoms with Crippen molar-refractivity contribution >= 4 is 40.5 Å². The summed E-state index contributed by atoms with van der Waals surface area (Å²) in [5, 5.41) is 6.02. The van der Waals surface area contributed by atoms with E-state index in [1.807, 2.05) is 29.2 Å². The SMILES string of the molecule is COc1ccccc1C(=O)NC(=S)Nc1ccccc1N1CCN(C(C)=O)CC1. The van der Waals surface area contributed by atoms with E-state index in [1.54, 1.807) is 31.2 Å². The highest BCUT2D eigenvalue weighted by Crippen LogP contribution is 2.26. The Morgan fingerprint density at radius 2 is 1.66 bits per heavy atom. The Morgan fingerprint density at radius 3 is 2.34 bits per heavy atom. The minimum absolute atomic E-state index is 0.0938. The molecule has 1 aliphatic rings. The van der Waals surface area contributed by atoms with E-state index in [0.29, 0.717) is 24.4 Å². The Hall–Kier alpha value is -3.13. The molecule has 2 aromatic carbocycles. The molecule has 8 heteroatoms. The van der Waals surface area contributed by atoms with Gasteiger partial charge < -0.3 is 19.9 Å². The topological polar surface area (TPSA) is 73.9 Å². The number of anilines is 2. The average Bonchev–Trinajstić information content (AvgIpc) is 2.74. The molecule has 0 bridgehead atoms. The smallest absolute Gasteiger partial charge is 0.261 e. The van der Waals surface area contributed by atoms with Crippen LogP contribution >= 0.6 is 12.2 Å². The first-order chi connectivity index (χ1) is 14.0. The van der Waals surface area contributed by atoms with Crippen molar-refractivity contribution in [2.75, 3.05) is 43.5 Å². The summed E-state index contributed by atoms with van der Waals surface area (Å²) in [4.78, 5) is 28.1. The third-order valence-electron chi connectivity index (χ3n) is 4.80. The maximum atomic E-state index is 12.5. The molecule has 152 valence electrons. The largest absolute Gasteiger partial charge is 0.496 e. The van der Waals surface area contributed by atoms with Gasteiger partial charge in [-0.2, -0.15) is 0 Å². The molecular formula is C21H24N4O3S. The van der Waals surface area contributed by atoms with Crippen LogP contribution in [0, 0.1) is 0 Å². The van der Waals surface area contributed by atoms with Crippen molar-refractivity contribution in [3.05, 3.63) is 54.1 Å². The fourth-order valence-electron chi connectivity index (χ4n) is 3.27. The van der Waals surface area contributed by atoms with Gasteiger partial charge in [0, 0.05) is 33.1 Å². The number of methoxy groups -OCH3 is 1. The third-order valence-corrected chi connectivity index (χ3v) is 5.00. The molecule has 2 N–H and O–H groups in total. The molecule has 29 heavy (non-hydrogen) atoms. The molecule has 0 saturated carbocycles. The molecule has 1 saturated heterocycles. The van der Waals surface area contributed by atoms with Crippen LogP contribution in [0.2, 0.25) is 0 Å². The first kappa shape index (κ1) is 20.6. The lowest BCUT2D eigenvalue weighted by atomic mass is 10.2. The Morgan fingerprint density at radius 1 is 1.00 bits per heavy atom. The number of para-hydroxylation sites is 3. The van der Waals surface area contributed by atoms with Gasteiger partial charge in [0.2, 0.25) is 5.91 Å². The van der Waals surface area contributed by atoms with E-state index < -0.39 is 0 Å². The Balaban J connectivity index is 1.67. The van der Waals surface area contributed by atoms with Crippen LogP contribution in [0.5, 0.6) is 5.75 Å². The standard InChI is InChI=1S/C21H24N4O3S/c1-15(26)24-11-13-25(14-12-24)18-9-5-4-8-17(18)22-21(29)23-20(27)16-7-3-6-10-19(16)28-2/h3-10H,11-14H2,1-2H3,(H2,22,23,27,29). The molecule has 1 heterocycles. The van der Waals surface area contributed by atoms with Gasteiger partial charge >= 0.3 is 0 Å². The van der Waals surface area contributed by atoms with Crippen molar-refractivity contribution in [2.24, 2.45) is 0 Å². The number of nitrogens with zero attached hydrogens (tertiary/aromatic N) is 2. The molecule has 0 aliphatic carbocycles. The Bertz CT molecular complexity index is 910. The van der Waals surface area contributed by atoms with Crippen LogP contribution in [0.25, 0.3) is 0 Å². The van der Waals surface area contributed by atoms with E-state index in [-0.39, 0.29) is 16.9 Å². The van der Waals surface area contributed by atoms with E-state index in [2.05, 4.69) is 15.5 Å². The van der Waals surface area contributed by atoms with Gasteiger partial charge in [-0.3, -0.25) is 14.9 Å². The van der Waals surface area contributed by atoms with Gasteiger partial charge in [0.15, 0.2) is 5.11 Å². The van der Waals surface area contributed by atoms with Crippen molar-refractivity contribution in [2.45, 2.75) is 6.92 Å². The number of carbonyl (C=O) groups excluding carboxylic acids is 2. The second-order valence-corrected chi connectivity index (χ2v) is 7.03. The first-order valence-electron chi connectivity index (χ1n) is 9.34. The normalized spacial score (nSPS) is 13.6. The number of benzene rings is 2. The maximum Gasteiger partial charge on any atom is 0.261 e. The van der Waals surface area contributed by atoms with Crippen molar-refractivity contribution < 1.29 is 14.3 Å². The van der Waals surface area contributed by atoms with Crippen LogP contribution < -0.4 is 20.3 Å². The third kappa shape index (κ3) is 5.03. The quantitative estimate of drug-likeness (QED) is 0.752. The van der Waals surface area contributed by atoms with Crippen LogP contribution in [0.1, 0.15) is 17.3 Å². The van der Waals surface area contributed by atoms with E-state index in [0.717, 1.165) is 24.5 Å². The van der Waals surface area contributed by atoms with Gasteiger partial charge in [-0.15, -0.1) is 0 Å². The fourth-order valence-corrected chi connectivity index (χ4v) is 3.48. The summed E-state index contributed by atoms with van der Waals surface area (Å²) in [6.45, 7) is 4.42. The number of nitrogens with one attached hydrogen (secondary N) is 2. The highest BCUT2D eigenvalue weighted by molar-refractivity contribution is 7.80. The number of thiocarbonyl (C=S) groups is 1. The zero-order chi connectivity index (χ0) is 20.8. The predicted molar refractivity (Wildman–Crippen MR) is 118 cm³/mol. The second-order valence-electron chi connectivity index (χ2n) is 6.62. The molecule has 1 aliphatic heterocycles. The minimum atomic E-state index is -0.340. The monoisotopic (exact) mass is 412 g/mol. The molecule has 1 fully saturated rings. The van der Waals surface area contributed by atoms with Crippen LogP contribution in [0.15, 0.2) is 48.5 Å². The van der Waals surface area contributed by atoms with Crippen LogP contribution in [-0.4, -0.2) is 55.1 Å². The lowest BCUT2D eigenvalue weighted by Gasteiger charge is -2.36. The lowest BCUT2D eigenvalue weighted by molar-refractivity contribution is -0.129. The van der Waals surface area contributed by atoms with Gasteiger partial charge in [0.05, 0.1) is 24.0 Å². The Labute approximate surface area is 175 Å². The fraction of sp³-hybridized carbons (Fsp3) is 0.286. The summed E-state index contributed by atoms with van der Waals surface area (Å²) in [7, 11) is 1.52. The van der Waals surface area contributed by atoms with Crippen LogP contribution in [0.3, 0.4) is 0 Å². The molecule has 0 unspecified atom stereocenters. The van der Waals surface area contributed by atoms with E-state index in [4.69, 9.17) is 17.0 Å². The molecule has 3 rings (SSSR count).